The maximum absolute atomic E-state index is 13.4. The molecule has 206 valence electrons. The summed E-state index contributed by atoms with van der Waals surface area (Å²) in [6, 6.07) is 21.0. The molecule has 0 radical (unpaired) electrons. The summed E-state index contributed by atoms with van der Waals surface area (Å²) in [5, 5.41) is 2.02. The molecule has 0 N–H and O–H groups in total. The second-order valence-electron chi connectivity index (χ2n) is 8.78. The minimum Gasteiger partial charge on any atom is -0.497 e. The smallest absolute Gasteiger partial charge is 0.243 e. The van der Waals surface area contributed by atoms with Gasteiger partial charge in [-0.25, -0.2) is 17.8 Å². The third-order valence-corrected chi connectivity index (χ3v) is 9.17. The molecule has 1 saturated heterocycles. The van der Waals surface area contributed by atoms with Crippen molar-refractivity contribution in [3.05, 3.63) is 94.4 Å². The van der Waals surface area contributed by atoms with Crippen molar-refractivity contribution in [2.75, 3.05) is 33.4 Å². The van der Waals surface area contributed by atoms with Gasteiger partial charge in [-0.05, 0) is 66.1 Å². The van der Waals surface area contributed by atoms with Gasteiger partial charge in [0.15, 0.2) is 4.80 Å². The number of aryl methyl sites for hydroxylation is 1. The number of benzene rings is 3. The van der Waals surface area contributed by atoms with Crippen LogP contribution in [0.5, 0.6) is 5.75 Å². The Kier molecular flexibility index (Phi) is 9.73. The van der Waals surface area contributed by atoms with Crippen molar-refractivity contribution in [1.82, 2.24) is 8.87 Å². The van der Waals surface area contributed by atoms with Gasteiger partial charge in [0.1, 0.15) is 11.6 Å². The average Bonchev–Trinajstić information content (AvgIpc) is 3.36. The Morgan fingerprint density at radius 2 is 1.64 bits per heavy atom. The summed E-state index contributed by atoms with van der Waals surface area (Å²) in [7, 11) is -1.93. The average molecular weight is 635 g/mol. The number of methoxy groups -OCH3 is 1. The van der Waals surface area contributed by atoms with Crippen LogP contribution in [-0.4, -0.2) is 50.7 Å². The Morgan fingerprint density at radius 3 is 2.28 bits per heavy atom. The number of rotatable bonds is 8. The number of thiazole rings is 1. The minimum absolute atomic E-state index is 0. The van der Waals surface area contributed by atoms with E-state index in [4.69, 9.17) is 14.5 Å². The van der Waals surface area contributed by atoms with Crippen LogP contribution in [0.3, 0.4) is 0 Å². The van der Waals surface area contributed by atoms with Gasteiger partial charge >= 0.3 is 0 Å². The van der Waals surface area contributed by atoms with Crippen molar-refractivity contribution in [3.63, 3.8) is 0 Å². The molecule has 3 aromatic carbocycles. The highest BCUT2D eigenvalue weighted by atomic mass is 79.9. The number of hydrogen-bond acceptors (Lipinski definition) is 6. The Morgan fingerprint density at radius 1 is 0.974 bits per heavy atom. The number of hydrogen-bond donors (Lipinski definition) is 0. The third kappa shape index (κ3) is 6.85. The lowest BCUT2D eigenvalue weighted by molar-refractivity contribution is 0.0730. The number of ether oxygens (including phenoxy) is 2. The summed E-state index contributed by atoms with van der Waals surface area (Å²) in [5.41, 5.74) is 3.62. The van der Waals surface area contributed by atoms with E-state index >= 15 is 0 Å². The van der Waals surface area contributed by atoms with Gasteiger partial charge in [-0.1, -0.05) is 24.3 Å². The maximum Gasteiger partial charge on any atom is 0.243 e. The lowest BCUT2D eigenvalue weighted by Crippen LogP contribution is -2.40. The van der Waals surface area contributed by atoms with Gasteiger partial charge in [0.25, 0.3) is 0 Å². The van der Waals surface area contributed by atoms with Crippen LogP contribution in [0.25, 0.3) is 11.3 Å². The molecule has 4 aromatic rings. The van der Waals surface area contributed by atoms with Crippen molar-refractivity contribution in [1.29, 1.82) is 0 Å². The zero-order valence-corrected chi connectivity index (χ0v) is 24.7. The predicted octanol–water partition coefficient (Wildman–Crippen LogP) is 5.44. The van der Waals surface area contributed by atoms with Crippen LogP contribution >= 0.6 is 28.3 Å². The van der Waals surface area contributed by atoms with Gasteiger partial charge in [-0.2, -0.15) is 4.31 Å². The van der Waals surface area contributed by atoms with Crippen LogP contribution in [-0.2, 0) is 27.7 Å². The number of aromatic nitrogens is 1. The summed E-state index contributed by atoms with van der Waals surface area (Å²) >= 11 is 1.49. The predicted molar refractivity (Wildman–Crippen MR) is 156 cm³/mol. The quantitative estimate of drug-likeness (QED) is 0.259. The highest BCUT2D eigenvalue weighted by Crippen LogP contribution is 2.25. The van der Waals surface area contributed by atoms with Crippen LogP contribution in [0.4, 0.5) is 10.1 Å². The number of sulfonamides is 1. The minimum atomic E-state index is -3.57. The van der Waals surface area contributed by atoms with E-state index in [9.17, 15) is 12.8 Å². The highest BCUT2D eigenvalue weighted by Gasteiger charge is 2.26. The molecule has 5 rings (SSSR count). The van der Waals surface area contributed by atoms with Crippen LogP contribution in [0.2, 0.25) is 0 Å². The SMILES string of the molecule is Br.COc1ccc(CCn2c(-c3ccc(S(=O)(=O)N4CCOCC4)cc3)csc2=Nc2ccc(F)cc2)cc1. The molecule has 1 aromatic heterocycles. The zero-order chi connectivity index (χ0) is 26.5. The molecule has 39 heavy (non-hydrogen) atoms. The molecule has 0 unspecified atom stereocenters. The summed E-state index contributed by atoms with van der Waals surface area (Å²) in [4.78, 5) is 5.80. The fourth-order valence-corrected chi connectivity index (χ4v) is 6.62. The molecule has 1 aliphatic rings. The van der Waals surface area contributed by atoms with Crippen LogP contribution in [0.15, 0.2) is 88.1 Å². The molecule has 11 heteroatoms. The van der Waals surface area contributed by atoms with E-state index in [1.54, 1.807) is 31.4 Å². The summed E-state index contributed by atoms with van der Waals surface area (Å²) in [6.45, 7) is 2.17. The topological polar surface area (TPSA) is 73.1 Å². The molecular weight excluding hydrogens is 605 g/mol. The second-order valence-corrected chi connectivity index (χ2v) is 11.6. The highest BCUT2D eigenvalue weighted by molar-refractivity contribution is 8.93. The molecule has 2 heterocycles. The van der Waals surface area contributed by atoms with E-state index in [1.807, 2.05) is 41.8 Å². The van der Waals surface area contributed by atoms with Crippen molar-refractivity contribution in [2.24, 2.45) is 4.99 Å². The van der Waals surface area contributed by atoms with Crippen molar-refractivity contribution in [2.45, 2.75) is 17.9 Å². The van der Waals surface area contributed by atoms with E-state index in [0.717, 1.165) is 33.8 Å². The molecule has 0 spiro atoms. The summed E-state index contributed by atoms with van der Waals surface area (Å²) < 4.78 is 53.7. The van der Waals surface area contributed by atoms with Gasteiger partial charge in [-0.15, -0.1) is 28.3 Å². The molecule has 1 fully saturated rings. The Labute approximate surface area is 242 Å². The van der Waals surface area contributed by atoms with Gasteiger partial charge in [0.05, 0.1) is 36.6 Å². The summed E-state index contributed by atoms with van der Waals surface area (Å²) in [5.74, 6) is 0.493. The standard InChI is InChI=1S/C28H28FN3O4S2.BrH/c1-35-25-10-2-21(3-11-25)14-15-32-27(20-37-28(32)30-24-8-6-23(29)7-9-24)22-4-12-26(13-5-22)38(33,34)31-16-18-36-19-17-31;/h2-13,20H,14-19H2,1H3;1H. The molecule has 0 aliphatic carbocycles. The molecule has 0 bridgehead atoms. The van der Waals surface area contributed by atoms with Gasteiger partial charge in [-0.3, -0.25) is 0 Å². The molecule has 1 aliphatic heterocycles. The zero-order valence-electron chi connectivity index (χ0n) is 21.3. The van der Waals surface area contributed by atoms with Crippen molar-refractivity contribution in [3.8, 4) is 17.0 Å². The third-order valence-electron chi connectivity index (χ3n) is 6.39. The van der Waals surface area contributed by atoms with Crippen molar-refractivity contribution >= 4 is 44.0 Å². The first kappa shape index (κ1) is 29.2. The lowest BCUT2D eigenvalue weighted by Gasteiger charge is -2.26. The Hall–Kier alpha value is -2.83. The number of nitrogens with zero attached hydrogens (tertiary/aromatic N) is 3. The molecule has 7 nitrogen and oxygen atoms in total. The van der Waals surface area contributed by atoms with Gasteiger partial charge < -0.3 is 14.0 Å². The fraction of sp³-hybridized carbons (Fsp3) is 0.250. The molecule has 0 amide bonds. The number of morpholine rings is 1. The Bertz CT molecular complexity index is 1550. The van der Waals surface area contributed by atoms with E-state index < -0.39 is 10.0 Å². The first-order valence-corrected chi connectivity index (χ1v) is 14.6. The van der Waals surface area contributed by atoms with E-state index in [0.29, 0.717) is 38.5 Å². The number of halogens is 2. The van der Waals surface area contributed by atoms with Crippen LogP contribution in [0, 0.1) is 5.82 Å². The van der Waals surface area contributed by atoms with Crippen LogP contribution in [0.1, 0.15) is 5.56 Å². The summed E-state index contributed by atoms with van der Waals surface area (Å²) in [6.07, 6.45) is 0.758. The monoisotopic (exact) mass is 633 g/mol. The Balaban J connectivity index is 0.00000353. The van der Waals surface area contributed by atoms with Gasteiger partial charge in [0.2, 0.25) is 10.0 Å². The maximum atomic E-state index is 13.4. The van der Waals surface area contributed by atoms with Gasteiger partial charge in [0, 0.05) is 25.0 Å². The lowest BCUT2D eigenvalue weighted by atomic mass is 10.1. The largest absolute Gasteiger partial charge is 0.497 e. The fourth-order valence-electron chi connectivity index (χ4n) is 4.26. The molecule has 0 saturated carbocycles. The van der Waals surface area contributed by atoms with Crippen LogP contribution < -0.4 is 9.54 Å². The van der Waals surface area contributed by atoms with E-state index in [2.05, 4.69) is 4.57 Å². The first-order chi connectivity index (χ1) is 18.4. The van der Waals surface area contributed by atoms with Crippen molar-refractivity contribution < 1.29 is 22.3 Å². The van der Waals surface area contributed by atoms with E-state index in [1.165, 1.54) is 27.8 Å². The van der Waals surface area contributed by atoms with E-state index in [-0.39, 0.29) is 27.7 Å². The molecule has 0 atom stereocenters. The first-order valence-electron chi connectivity index (χ1n) is 12.2. The normalized spacial score (nSPS) is 14.7. The molecular formula is C28H29BrFN3O4S2. The second kappa shape index (κ2) is 13.0.